The number of ketones is 1. The predicted molar refractivity (Wildman–Crippen MR) is 140 cm³/mol. The first-order chi connectivity index (χ1) is 17.7. The van der Waals surface area contributed by atoms with Crippen molar-refractivity contribution in [1.82, 2.24) is 24.5 Å². The van der Waals surface area contributed by atoms with E-state index in [1.165, 1.54) is 17.7 Å². The third kappa shape index (κ3) is 4.29. The van der Waals surface area contributed by atoms with Crippen molar-refractivity contribution in [2.45, 2.75) is 32.6 Å². The lowest BCUT2D eigenvalue weighted by Gasteiger charge is -2.17. The van der Waals surface area contributed by atoms with E-state index < -0.39 is 16.7 Å². The van der Waals surface area contributed by atoms with Gasteiger partial charge >= 0.3 is 5.69 Å². The molecule has 1 aromatic carbocycles. The van der Waals surface area contributed by atoms with Crippen LogP contribution < -0.4 is 11.2 Å². The number of H-pyrrole nitrogens is 1. The van der Waals surface area contributed by atoms with Gasteiger partial charge in [-0.3, -0.25) is 29.1 Å². The van der Waals surface area contributed by atoms with Crippen LogP contribution in [0.15, 0.2) is 70.5 Å². The van der Waals surface area contributed by atoms with Crippen LogP contribution in [-0.2, 0) is 16.6 Å². The fourth-order valence-electron chi connectivity index (χ4n) is 4.20. The largest absolute Gasteiger partial charge is 0.333 e. The molecule has 0 aliphatic carbocycles. The van der Waals surface area contributed by atoms with Gasteiger partial charge in [-0.05, 0) is 62.7 Å². The normalized spacial score (nSPS) is 11.5. The third-order valence-electron chi connectivity index (χ3n) is 6.26. The molecule has 0 amide bonds. The van der Waals surface area contributed by atoms with Crippen molar-refractivity contribution in [3.05, 3.63) is 93.0 Å². The summed E-state index contributed by atoms with van der Waals surface area (Å²) < 4.78 is 1.40. The van der Waals surface area contributed by atoms with Gasteiger partial charge < -0.3 is 0 Å². The molecule has 9 heteroatoms. The number of fused-ring (bicyclic) bond motifs is 3. The van der Waals surface area contributed by atoms with Gasteiger partial charge in [-0.15, -0.1) is 0 Å². The monoisotopic (exact) mass is 490 g/mol. The molecule has 1 N–H and O–H groups in total. The summed E-state index contributed by atoms with van der Waals surface area (Å²) in [6.07, 6.45) is 3.32. The molecule has 0 bridgehead atoms. The van der Waals surface area contributed by atoms with Crippen LogP contribution >= 0.6 is 0 Å². The van der Waals surface area contributed by atoms with Gasteiger partial charge in [-0.2, -0.15) is 5.26 Å². The summed E-state index contributed by atoms with van der Waals surface area (Å²) in [5.41, 5.74) is 2.62. The highest BCUT2D eigenvalue weighted by molar-refractivity contribution is 6.01. The van der Waals surface area contributed by atoms with Gasteiger partial charge in [0, 0.05) is 30.1 Å². The summed E-state index contributed by atoms with van der Waals surface area (Å²) in [6, 6.07) is 16.5. The molecule has 0 spiro atoms. The maximum absolute atomic E-state index is 13.1. The Hall–Kier alpha value is -4.97. The van der Waals surface area contributed by atoms with Gasteiger partial charge in [0.25, 0.3) is 5.56 Å². The molecule has 37 heavy (non-hydrogen) atoms. The molecule has 4 aromatic heterocycles. The van der Waals surface area contributed by atoms with Gasteiger partial charge in [0.15, 0.2) is 0 Å². The van der Waals surface area contributed by atoms with E-state index >= 15 is 0 Å². The molecular formula is C28H22N6O3. The highest BCUT2D eigenvalue weighted by atomic mass is 16.2. The predicted octanol–water partition coefficient (Wildman–Crippen LogP) is 3.62. The van der Waals surface area contributed by atoms with Crippen LogP contribution in [0.1, 0.15) is 32.0 Å². The first-order valence-electron chi connectivity index (χ1n) is 11.6. The quantitative estimate of drug-likeness (QED) is 0.372. The molecule has 0 aliphatic rings. The average Bonchev–Trinajstić information content (AvgIpc) is 2.88. The SMILES string of the molecule is CC(=O)Cc1ccc(-c2ccc3ncc4c(=O)[nH]c(=O)n(-c5ccc(C(C)(C)C#N)cc5)c4c3n2)cn1. The Balaban J connectivity index is 1.74. The van der Waals surface area contributed by atoms with Crippen LogP contribution in [0, 0.1) is 11.3 Å². The summed E-state index contributed by atoms with van der Waals surface area (Å²) in [5, 5.41) is 9.68. The van der Waals surface area contributed by atoms with Gasteiger partial charge in [-0.1, -0.05) is 12.1 Å². The Morgan fingerprint density at radius 1 is 1.03 bits per heavy atom. The molecule has 0 fully saturated rings. The maximum atomic E-state index is 13.1. The zero-order valence-corrected chi connectivity index (χ0v) is 20.4. The Labute approximate surface area is 211 Å². The standard InChI is InChI=1S/C28H22N6O3/c1-16(35)12-19-7-4-17(13-30-19)22-10-11-23-24(32-22)25-21(14-31-23)26(36)33-27(37)34(25)20-8-5-18(6-9-20)28(2,3)15-29/h4-11,13-14H,12H2,1-3H3,(H,33,36,37). The first kappa shape index (κ1) is 23.8. The van der Waals surface area contributed by atoms with Crippen LogP contribution in [0.4, 0.5) is 0 Å². The molecule has 4 heterocycles. The molecule has 0 radical (unpaired) electrons. The molecule has 0 unspecified atom stereocenters. The van der Waals surface area contributed by atoms with E-state index in [9.17, 15) is 19.6 Å². The van der Waals surface area contributed by atoms with E-state index in [1.54, 1.807) is 48.7 Å². The summed E-state index contributed by atoms with van der Waals surface area (Å²) in [5.74, 6) is 0.0223. The lowest BCUT2D eigenvalue weighted by atomic mass is 9.86. The molecule has 0 saturated heterocycles. The zero-order valence-electron chi connectivity index (χ0n) is 20.4. The number of nitrogens with one attached hydrogen (secondary N) is 1. The van der Waals surface area contributed by atoms with E-state index in [-0.39, 0.29) is 17.6 Å². The molecule has 9 nitrogen and oxygen atoms in total. The Morgan fingerprint density at radius 3 is 2.43 bits per heavy atom. The van der Waals surface area contributed by atoms with Crippen molar-refractivity contribution in [2.24, 2.45) is 0 Å². The summed E-state index contributed by atoms with van der Waals surface area (Å²) in [4.78, 5) is 53.1. The number of nitrogens with zero attached hydrogens (tertiary/aromatic N) is 5. The summed E-state index contributed by atoms with van der Waals surface area (Å²) in [6.45, 7) is 5.14. The number of aromatic nitrogens is 5. The molecule has 0 saturated carbocycles. The lowest BCUT2D eigenvalue weighted by Crippen LogP contribution is -2.29. The molecule has 182 valence electrons. The highest BCUT2D eigenvalue weighted by Gasteiger charge is 2.20. The number of benzene rings is 1. The first-order valence-corrected chi connectivity index (χ1v) is 11.6. The number of rotatable bonds is 5. The fourth-order valence-corrected chi connectivity index (χ4v) is 4.20. The Bertz CT molecular complexity index is 1840. The van der Waals surface area contributed by atoms with Crippen LogP contribution in [0.3, 0.4) is 0 Å². The molecule has 5 aromatic rings. The van der Waals surface area contributed by atoms with Crippen LogP contribution in [0.25, 0.3) is 38.9 Å². The van der Waals surface area contributed by atoms with E-state index in [1.807, 2.05) is 19.9 Å². The Morgan fingerprint density at radius 2 is 1.78 bits per heavy atom. The number of carbonyl (C=O) groups is 1. The van der Waals surface area contributed by atoms with E-state index in [2.05, 4.69) is 21.0 Å². The smallest absolute Gasteiger partial charge is 0.300 e. The molecule has 0 aliphatic heterocycles. The zero-order chi connectivity index (χ0) is 26.3. The fraction of sp³-hybridized carbons (Fsp3) is 0.179. The Kier molecular flexibility index (Phi) is 5.72. The van der Waals surface area contributed by atoms with Crippen molar-refractivity contribution >= 4 is 27.7 Å². The van der Waals surface area contributed by atoms with Crippen LogP contribution in [0.5, 0.6) is 0 Å². The second-order valence-electron chi connectivity index (χ2n) is 9.38. The van der Waals surface area contributed by atoms with Gasteiger partial charge in [0.1, 0.15) is 11.3 Å². The molecule has 5 rings (SSSR count). The second kappa shape index (κ2) is 8.91. The lowest BCUT2D eigenvalue weighted by molar-refractivity contribution is -0.116. The minimum Gasteiger partial charge on any atom is -0.300 e. The number of pyridine rings is 3. The van der Waals surface area contributed by atoms with Crippen molar-refractivity contribution in [2.75, 3.05) is 0 Å². The van der Waals surface area contributed by atoms with Crippen molar-refractivity contribution < 1.29 is 4.79 Å². The van der Waals surface area contributed by atoms with E-state index in [4.69, 9.17) is 4.98 Å². The van der Waals surface area contributed by atoms with Crippen LogP contribution in [-0.4, -0.2) is 30.3 Å². The van der Waals surface area contributed by atoms with Gasteiger partial charge in [0.05, 0.1) is 39.3 Å². The highest BCUT2D eigenvalue weighted by Crippen LogP contribution is 2.27. The van der Waals surface area contributed by atoms with Crippen LogP contribution in [0.2, 0.25) is 0 Å². The minimum atomic E-state index is -0.697. The van der Waals surface area contributed by atoms with E-state index in [0.717, 1.165) is 5.56 Å². The maximum Gasteiger partial charge on any atom is 0.333 e. The van der Waals surface area contributed by atoms with Crippen molar-refractivity contribution in [1.29, 1.82) is 5.26 Å². The average molecular weight is 491 g/mol. The number of Topliss-reactive ketones (excluding diaryl/α,β-unsaturated/α-hetero) is 1. The number of hydrogen-bond acceptors (Lipinski definition) is 7. The minimum absolute atomic E-state index is 0.0223. The number of hydrogen-bond donors (Lipinski definition) is 1. The third-order valence-corrected chi connectivity index (χ3v) is 6.26. The van der Waals surface area contributed by atoms with Crippen molar-refractivity contribution in [3.63, 3.8) is 0 Å². The second-order valence-corrected chi connectivity index (χ2v) is 9.38. The number of nitriles is 1. The summed E-state index contributed by atoms with van der Waals surface area (Å²) >= 11 is 0. The number of carbonyl (C=O) groups excluding carboxylic acids is 1. The number of aromatic amines is 1. The van der Waals surface area contributed by atoms with Gasteiger partial charge in [0.2, 0.25) is 0 Å². The van der Waals surface area contributed by atoms with Gasteiger partial charge in [-0.25, -0.2) is 9.78 Å². The topological polar surface area (TPSA) is 134 Å². The summed E-state index contributed by atoms with van der Waals surface area (Å²) in [7, 11) is 0. The molecule has 0 atom stereocenters. The molecular weight excluding hydrogens is 468 g/mol. The van der Waals surface area contributed by atoms with Crippen molar-refractivity contribution in [3.8, 4) is 23.0 Å². The van der Waals surface area contributed by atoms with E-state index in [0.29, 0.717) is 39.2 Å².